The van der Waals surface area contributed by atoms with E-state index in [1.807, 2.05) is 29.2 Å². The van der Waals surface area contributed by atoms with Crippen molar-refractivity contribution in [3.63, 3.8) is 0 Å². The van der Waals surface area contributed by atoms with Crippen LogP contribution in [0.15, 0.2) is 36.4 Å². The third kappa shape index (κ3) is 3.33. The fourth-order valence-electron chi connectivity index (χ4n) is 3.73. The molecule has 1 atom stereocenters. The van der Waals surface area contributed by atoms with Crippen molar-refractivity contribution < 1.29 is 23.7 Å². The Labute approximate surface area is 164 Å². The lowest BCUT2D eigenvalue weighted by Gasteiger charge is -2.37. The number of para-hydroxylation sites is 1. The summed E-state index contributed by atoms with van der Waals surface area (Å²) in [4.78, 5) is 15.3. The first-order valence-corrected chi connectivity index (χ1v) is 9.35. The molecule has 1 amide bonds. The first-order valence-electron chi connectivity index (χ1n) is 9.35. The Morgan fingerprint density at radius 3 is 2.71 bits per heavy atom. The summed E-state index contributed by atoms with van der Waals surface area (Å²) in [6.07, 6.45) is 0. The number of hydrogen-bond donors (Lipinski definition) is 1. The van der Waals surface area contributed by atoms with Crippen LogP contribution >= 0.6 is 0 Å². The summed E-state index contributed by atoms with van der Waals surface area (Å²) in [5, 5.41) is 3.37. The minimum Gasteiger partial charge on any atom is -0.496 e. The molecule has 0 radical (unpaired) electrons. The molecule has 0 saturated carbocycles. The molecule has 2 aliphatic heterocycles. The summed E-state index contributed by atoms with van der Waals surface area (Å²) >= 11 is 0. The van der Waals surface area contributed by atoms with Crippen molar-refractivity contribution >= 4 is 5.91 Å². The lowest BCUT2D eigenvalue weighted by atomic mass is 10.0. The number of nitrogens with one attached hydrogen (secondary N) is 1. The minimum absolute atomic E-state index is 0.0762. The lowest BCUT2D eigenvalue weighted by molar-refractivity contribution is 0.0630. The van der Waals surface area contributed by atoms with Gasteiger partial charge in [-0.1, -0.05) is 18.2 Å². The Hall–Kier alpha value is -2.93. The van der Waals surface area contributed by atoms with Gasteiger partial charge in [0.2, 0.25) is 5.75 Å². The van der Waals surface area contributed by atoms with Gasteiger partial charge >= 0.3 is 0 Å². The van der Waals surface area contributed by atoms with E-state index in [1.54, 1.807) is 26.4 Å². The smallest absolute Gasteiger partial charge is 0.254 e. The highest BCUT2D eigenvalue weighted by Gasteiger charge is 2.32. The summed E-state index contributed by atoms with van der Waals surface area (Å²) in [5.74, 6) is 2.29. The van der Waals surface area contributed by atoms with Gasteiger partial charge < -0.3 is 29.2 Å². The number of hydrogen-bond acceptors (Lipinski definition) is 6. The van der Waals surface area contributed by atoms with E-state index in [9.17, 15) is 4.79 Å². The minimum atomic E-state index is -0.128. The quantitative estimate of drug-likeness (QED) is 0.872. The van der Waals surface area contributed by atoms with Crippen molar-refractivity contribution in [3.05, 3.63) is 47.5 Å². The van der Waals surface area contributed by atoms with Crippen molar-refractivity contribution in [2.75, 3.05) is 47.1 Å². The molecule has 2 aliphatic rings. The van der Waals surface area contributed by atoms with Crippen LogP contribution < -0.4 is 24.3 Å². The van der Waals surface area contributed by atoms with Gasteiger partial charge in [0, 0.05) is 30.8 Å². The van der Waals surface area contributed by atoms with Gasteiger partial charge in [0.25, 0.3) is 5.91 Å². The van der Waals surface area contributed by atoms with Crippen LogP contribution in [0.2, 0.25) is 0 Å². The SMILES string of the molecule is COc1ccccc1C1CNCCN1C(=O)c1cc(OC)c2c(c1)OCCO2. The predicted molar refractivity (Wildman–Crippen MR) is 104 cm³/mol. The van der Waals surface area contributed by atoms with Gasteiger partial charge in [0.15, 0.2) is 11.5 Å². The maximum atomic E-state index is 13.4. The fourth-order valence-corrected chi connectivity index (χ4v) is 3.73. The molecule has 2 aromatic carbocycles. The Morgan fingerprint density at radius 2 is 1.89 bits per heavy atom. The number of carbonyl (C=O) groups is 1. The van der Waals surface area contributed by atoms with Crippen LogP contribution in [0.3, 0.4) is 0 Å². The average molecular weight is 384 g/mol. The van der Waals surface area contributed by atoms with Crippen LogP contribution in [0, 0.1) is 0 Å². The highest BCUT2D eigenvalue weighted by Crippen LogP contribution is 2.41. The lowest BCUT2D eigenvalue weighted by Crippen LogP contribution is -2.48. The van der Waals surface area contributed by atoms with Gasteiger partial charge in [-0.3, -0.25) is 4.79 Å². The molecule has 1 fully saturated rings. The third-order valence-electron chi connectivity index (χ3n) is 5.08. The number of ether oxygens (including phenoxy) is 4. The van der Waals surface area contributed by atoms with Crippen molar-refractivity contribution in [2.24, 2.45) is 0 Å². The summed E-state index contributed by atoms with van der Waals surface area (Å²) in [6, 6.07) is 11.1. The summed E-state index contributed by atoms with van der Waals surface area (Å²) in [5.41, 5.74) is 1.50. The fraction of sp³-hybridized carbons (Fsp3) is 0.381. The van der Waals surface area contributed by atoms with E-state index >= 15 is 0 Å². The highest BCUT2D eigenvalue weighted by atomic mass is 16.6. The second kappa shape index (κ2) is 7.98. The molecule has 2 heterocycles. The zero-order valence-corrected chi connectivity index (χ0v) is 16.1. The average Bonchev–Trinajstić information content (AvgIpc) is 2.77. The van der Waals surface area contributed by atoms with Crippen LogP contribution in [0.1, 0.15) is 22.0 Å². The maximum Gasteiger partial charge on any atom is 0.254 e. The molecule has 0 spiro atoms. The van der Waals surface area contributed by atoms with E-state index in [-0.39, 0.29) is 11.9 Å². The molecule has 148 valence electrons. The molecule has 28 heavy (non-hydrogen) atoms. The topological polar surface area (TPSA) is 69.3 Å². The first-order chi connectivity index (χ1) is 13.7. The molecule has 0 aliphatic carbocycles. The van der Waals surface area contributed by atoms with Crippen molar-refractivity contribution in [1.82, 2.24) is 10.2 Å². The molecule has 1 unspecified atom stereocenters. The third-order valence-corrected chi connectivity index (χ3v) is 5.08. The van der Waals surface area contributed by atoms with E-state index in [0.717, 1.165) is 17.9 Å². The molecule has 1 saturated heterocycles. The van der Waals surface area contributed by atoms with E-state index < -0.39 is 0 Å². The normalized spacial score (nSPS) is 18.5. The number of methoxy groups -OCH3 is 2. The Bertz CT molecular complexity index is 853. The van der Waals surface area contributed by atoms with Crippen molar-refractivity contribution in [1.29, 1.82) is 0 Å². The molecule has 0 bridgehead atoms. The zero-order valence-electron chi connectivity index (χ0n) is 16.1. The standard InChI is InChI=1S/C21H24N2O5/c1-25-17-6-4-3-5-15(17)16-13-22-7-8-23(16)21(24)14-11-18(26-2)20-19(12-14)27-9-10-28-20/h3-6,11-12,16,22H,7-10,13H2,1-2H3. The molecule has 7 heteroatoms. The molecule has 2 aromatic rings. The number of nitrogens with zero attached hydrogens (tertiary/aromatic N) is 1. The molecule has 0 aromatic heterocycles. The predicted octanol–water partition coefficient (Wildman–Crippen LogP) is 2.26. The largest absolute Gasteiger partial charge is 0.496 e. The van der Waals surface area contributed by atoms with Gasteiger partial charge in [-0.25, -0.2) is 0 Å². The summed E-state index contributed by atoms with van der Waals surface area (Å²) in [6.45, 7) is 2.90. The van der Waals surface area contributed by atoms with Crippen molar-refractivity contribution in [3.8, 4) is 23.0 Å². The first kappa shape index (κ1) is 18.4. The van der Waals surface area contributed by atoms with Gasteiger partial charge in [-0.2, -0.15) is 0 Å². The number of rotatable bonds is 4. The van der Waals surface area contributed by atoms with E-state index in [0.29, 0.717) is 49.1 Å². The zero-order chi connectivity index (χ0) is 19.5. The van der Waals surface area contributed by atoms with E-state index in [1.165, 1.54) is 0 Å². The molecule has 1 N–H and O–H groups in total. The number of fused-ring (bicyclic) bond motifs is 1. The van der Waals surface area contributed by atoms with E-state index in [2.05, 4.69) is 5.32 Å². The summed E-state index contributed by atoms with van der Waals surface area (Å²) < 4.78 is 22.3. The van der Waals surface area contributed by atoms with Gasteiger partial charge in [0.05, 0.1) is 20.3 Å². The summed E-state index contributed by atoms with van der Waals surface area (Å²) in [7, 11) is 3.21. The van der Waals surface area contributed by atoms with Crippen LogP contribution in [0.25, 0.3) is 0 Å². The second-order valence-electron chi connectivity index (χ2n) is 6.66. The van der Waals surface area contributed by atoms with Crippen LogP contribution in [0.5, 0.6) is 23.0 Å². The van der Waals surface area contributed by atoms with Crippen molar-refractivity contribution in [2.45, 2.75) is 6.04 Å². The Balaban J connectivity index is 1.69. The Kier molecular flexibility index (Phi) is 5.25. The van der Waals surface area contributed by atoms with Crippen LogP contribution in [-0.4, -0.2) is 57.9 Å². The number of benzene rings is 2. The molecular formula is C21H24N2O5. The van der Waals surface area contributed by atoms with Crippen LogP contribution in [0.4, 0.5) is 0 Å². The molecule has 7 nitrogen and oxygen atoms in total. The monoisotopic (exact) mass is 384 g/mol. The maximum absolute atomic E-state index is 13.4. The number of carbonyl (C=O) groups excluding carboxylic acids is 1. The number of amides is 1. The highest BCUT2D eigenvalue weighted by molar-refractivity contribution is 5.96. The van der Waals surface area contributed by atoms with Gasteiger partial charge in [0.1, 0.15) is 19.0 Å². The molecular weight excluding hydrogens is 360 g/mol. The van der Waals surface area contributed by atoms with Gasteiger partial charge in [-0.15, -0.1) is 0 Å². The molecule has 4 rings (SSSR count). The number of piperazine rings is 1. The van der Waals surface area contributed by atoms with Crippen LogP contribution in [-0.2, 0) is 0 Å². The van der Waals surface area contributed by atoms with E-state index in [4.69, 9.17) is 18.9 Å². The second-order valence-corrected chi connectivity index (χ2v) is 6.66. The van der Waals surface area contributed by atoms with Gasteiger partial charge in [-0.05, 0) is 18.2 Å². The Morgan fingerprint density at radius 1 is 1.11 bits per heavy atom.